The molecule has 0 spiro atoms. The molecule has 1 fully saturated rings. The highest BCUT2D eigenvalue weighted by Crippen LogP contribution is 2.23. The fourth-order valence-corrected chi connectivity index (χ4v) is 2.95. The normalized spacial score (nSPS) is 17.6. The number of carbonyl (C=O) groups excluding carboxylic acids is 1. The number of thiophene rings is 1. The summed E-state index contributed by atoms with van der Waals surface area (Å²) in [6, 6.07) is 5.63. The van der Waals surface area contributed by atoms with Gasteiger partial charge in [-0.2, -0.15) is 5.10 Å². The van der Waals surface area contributed by atoms with E-state index in [4.69, 9.17) is 4.74 Å². The van der Waals surface area contributed by atoms with Crippen LogP contribution in [0.3, 0.4) is 0 Å². The number of aromatic nitrogens is 2. The number of nitrogens with zero attached hydrogens (tertiary/aromatic N) is 1. The molecule has 3 rings (SSSR count). The van der Waals surface area contributed by atoms with E-state index in [-0.39, 0.29) is 12.5 Å². The lowest BCUT2D eigenvalue weighted by Gasteiger charge is -2.31. The molecule has 3 N–H and O–H groups in total. The van der Waals surface area contributed by atoms with Crippen molar-refractivity contribution in [2.75, 3.05) is 19.8 Å². The lowest BCUT2D eigenvalue weighted by Crippen LogP contribution is -2.46. The Morgan fingerprint density at radius 2 is 2.33 bits per heavy atom. The lowest BCUT2D eigenvalue weighted by atomic mass is 9.94. The first-order valence-electron chi connectivity index (χ1n) is 6.84. The van der Waals surface area contributed by atoms with Crippen LogP contribution in [0.1, 0.15) is 23.3 Å². The second-order valence-electron chi connectivity index (χ2n) is 5.16. The summed E-state index contributed by atoms with van der Waals surface area (Å²) in [5.41, 5.74) is 0.273. The smallest absolute Gasteiger partial charge is 0.271 e. The van der Waals surface area contributed by atoms with Gasteiger partial charge in [0, 0.05) is 32.6 Å². The van der Waals surface area contributed by atoms with Gasteiger partial charge < -0.3 is 15.2 Å². The van der Waals surface area contributed by atoms with Crippen LogP contribution in [0, 0.1) is 0 Å². The molecular weight excluding hydrogens is 290 g/mol. The van der Waals surface area contributed by atoms with E-state index in [1.807, 2.05) is 17.5 Å². The molecule has 0 aliphatic carbocycles. The van der Waals surface area contributed by atoms with Crippen LogP contribution in [0.15, 0.2) is 23.6 Å². The lowest BCUT2D eigenvalue weighted by molar-refractivity contribution is -0.0605. The fraction of sp³-hybridized carbons (Fsp3) is 0.429. The van der Waals surface area contributed by atoms with Crippen molar-refractivity contribution < 1.29 is 14.6 Å². The molecule has 0 unspecified atom stereocenters. The van der Waals surface area contributed by atoms with Gasteiger partial charge in [-0.3, -0.25) is 9.89 Å². The Balaban J connectivity index is 1.61. The quantitative estimate of drug-likeness (QED) is 0.797. The van der Waals surface area contributed by atoms with E-state index in [1.54, 1.807) is 17.4 Å². The molecule has 0 saturated carbocycles. The molecule has 6 nitrogen and oxygen atoms in total. The summed E-state index contributed by atoms with van der Waals surface area (Å²) in [5, 5.41) is 21.9. The maximum Gasteiger partial charge on any atom is 0.271 e. The Morgan fingerprint density at radius 3 is 3.05 bits per heavy atom. The topological polar surface area (TPSA) is 87.2 Å². The standard InChI is InChI=1S/C14H17N3O3S/c18-13(15-9-14(19)3-5-20-6-4-14)11-8-10(16-17-11)12-2-1-7-21-12/h1-2,7-8,19H,3-6,9H2,(H,15,18)(H,16,17). The molecule has 21 heavy (non-hydrogen) atoms. The third kappa shape index (κ3) is 3.31. The number of carbonyl (C=O) groups is 1. The zero-order valence-corrected chi connectivity index (χ0v) is 12.3. The average molecular weight is 307 g/mol. The highest BCUT2D eigenvalue weighted by Gasteiger charge is 2.30. The summed E-state index contributed by atoms with van der Waals surface area (Å²) >= 11 is 1.58. The number of rotatable bonds is 4. The van der Waals surface area contributed by atoms with Crippen LogP contribution < -0.4 is 5.32 Å². The first-order valence-corrected chi connectivity index (χ1v) is 7.72. The van der Waals surface area contributed by atoms with E-state index in [2.05, 4.69) is 15.5 Å². The highest BCUT2D eigenvalue weighted by atomic mass is 32.1. The highest BCUT2D eigenvalue weighted by molar-refractivity contribution is 7.13. The number of amides is 1. The minimum atomic E-state index is -0.874. The van der Waals surface area contributed by atoms with Gasteiger partial charge in [0.25, 0.3) is 5.91 Å². The van der Waals surface area contributed by atoms with Crippen LogP contribution in [-0.2, 0) is 4.74 Å². The molecule has 1 aliphatic heterocycles. The summed E-state index contributed by atoms with van der Waals surface area (Å²) in [7, 11) is 0. The van der Waals surface area contributed by atoms with Crippen molar-refractivity contribution in [2.24, 2.45) is 0 Å². The van der Waals surface area contributed by atoms with Crippen LogP contribution in [-0.4, -0.2) is 46.6 Å². The number of aromatic amines is 1. The molecular formula is C14H17N3O3S. The van der Waals surface area contributed by atoms with Crippen LogP contribution in [0.2, 0.25) is 0 Å². The maximum absolute atomic E-state index is 12.1. The predicted octanol–water partition coefficient (Wildman–Crippen LogP) is 1.41. The Kier molecular flexibility index (Phi) is 4.05. The number of hydrogen-bond donors (Lipinski definition) is 3. The van der Waals surface area contributed by atoms with E-state index >= 15 is 0 Å². The summed E-state index contributed by atoms with van der Waals surface area (Å²) in [5.74, 6) is -0.283. The maximum atomic E-state index is 12.1. The largest absolute Gasteiger partial charge is 0.388 e. The Morgan fingerprint density at radius 1 is 1.52 bits per heavy atom. The summed E-state index contributed by atoms with van der Waals surface area (Å²) in [6.07, 6.45) is 1.07. The van der Waals surface area contributed by atoms with Gasteiger partial charge in [-0.1, -0.05) is 6.07 Å². The van der Waals surface area contributed by atoms with Crippen molar-refractivity contribution in [1.82, 2.24) is 15.5 Å². The first-order chi connectivity index (χ1) is 10.2. The van der Waals surface area contributed by atoms with Crippen LogP contribution in [0.25, 0.3) is 10.6 Å². The average Bonchev–Trinajstić information content (AvgIpc) is 3.16. The summed E-state index contributed by atoms with van der Waals surface area (Å²) in [6.45, 7) is 1.27. The number of ether oxygens (including phenoxy) is 1. The van der Waals surface area contributed by atoms with Crippen molar-refractivity contribution in [3.8, 4) is 10.6 Å². The minimum absolute atomic E-state index is 0.219. The van der Waals surface area contributed by atoms with Gasteiger partial charge >= 0.3 is 0 Å². The summed E-state index contributed by atoms with van der Waals surface area (Å²) in [4.78, 5) is 13.1. The van der Waals surface area contributed by atoms with Crippen molar-refractivity contribution in [1.29, 1.82) is 0 Å². The monoisotopic (exact) mass is 307 g/mol. The molecule has 0 radical (unpaired) electrons. The zero-order chi connectivity index (χ0) is 14.7. The number of hydrogen-bond acceptors (Lipinski definition) is 5. The molecule has 0 bridgehead atoms. The molecule has 1 amide bonds. The van der Waals surface area contributed by atoms with E-state index in [0.717, 1.165) is 10.6 Å². The first kappa shape index (κ1) is 14.2. The van der Waals surface area contributed by atoms with Crippen molar-refractivity contribution in [2.45, 2.75) is 18.4 Å². The minimum Gasteiger partial charge on any atom is -0.388 e. The van der Waals surface area contributed by atoms with E-state index in [0.29, 0.717) is 31.7 Å². The second kappa shape index (κ2) is 5.97. The fourth-order valence-electron chi connectivity index (χ4n) is 2.26. The second-order valence-corrected chi connectivity index (χ2v) is 6.11. The molecule has 1 saturated heterocycles. The molecule has 2 aromatic heterocycles. The molecule has 0 atom stereocenters. The van der Waals surface area contributed by atoms with Gasteiger partial charge in [0.2, 0.25) is 0 Å². The molecule has 3 heterocycles. The Hall–Kier alpha value is -1.70. The molecule has 112 valence electrons. The Bertz CT molecular complexity index is 603. The third-order valence-electron chi connectivity index (χ3n) is 3.60. The van der Waals surface area contributed by atoms with E-state index in [9.17, 15) is 9.90 Å². The van der Waals surface area contributed by atoms with Gasteiger partial charge in [-0.05, 0) is 17.5 Å². The molecule has 0 aromatic carbocycles. The van der Waals surface area contributed by atoms with Crippen LogP contribution in [0.5, 0.6) is 0 Å². The SMILES string of the molecule is O=C(NCC1(O)CCOCC1)c1cc(-c2cccs2)[nH]n1. The van der Waals surface area contributed by atoms with Gasteiger partial charge in [-0.25, -0.2) is 0 Å². The molecule has 1 aliphatic rings. The third-order valence-corrected chi connectivity index (χ3v) is 4.50. The summed E-state index contributed by atoms with van der Waals surface area (Å²) < 4.78 is 5.21. The van der Waals surface area contributed by atoms with Gasteiger partial charge in [0.05, 0.1) is 16.2 Å². The van der Waals surface area contributed by atoms with Crippen molar-refractivity contribution in [3.05, 3.63) is 29.3 Å². The zero-order valence-electron chi connectivity index (χ0n) is 11.5. The van der Waals surface area contributed by atoms with E-state index < -0.39 is 5.60 Å². The van der Waals surface area contributed by atoms with Crippen LogP contribution >= 0.6 is 11.3 Å². The van der Waals surface area contributed by atoms with Gasteiger partial charge in [0.1, 0.15) is 0 Å². The number of H-pyrrole nitrogens is 1. The van der Waals surface area contributed by atoms with Crippen molar-refractivity contribution >= 4 is 17.2 Å². The predicted molar refractivity (Wildman–Crippen MR) is 79.2 cm³/mol. The van der Waals surface area contributed by atoms with Crippen molar-refractivity contribution in [3.63, 3.8) is 0 Å². The number of nitrogens with one attached hydrogen (secondary N) is 2. The van der Waals surface area contributed by atoms with E-state index in [1.165, 1.54) is 0 Å². The van der Waals surface area contributed by atoms with Gasteiger partial charge in [-0.15, -0.1) is 11.3 Å². The number of aliphatic hydroxyl groups is 1. The molecule has 7 heteroatoms. The molecule has 2 aromatic rings. The Labute approximate surface area is 126 Å². The van der Waals surface area contributed by atoms with Gasteiger partial charge in [0.15, 0.2) is 5.69 Å². The van der Waals surface area contributed by atoms with Crippen LogP contribution in [0.4, 0.5) is 0 Å².